The molecular weight excluding hydrogens is 320 g/mol. The monoisotopic (exact) mass is 344 g/mol. The Morgan fingerprint density at radius 1 is 1.00 bits per heavy atom. The number of aliphatic hydroxyl groups is 5. The number of esters is 1. The third-order valence-electron chi connectivity index (χ3n) is 3.17. The average Bonchev–Trinajstić information content (AvgIpc) is 2.57. The van der Waals surface area contributed by atoms with Crippen LogP contribution in [-0.4, -0.2) is 75.2 Å². The number of carbonyl (C=O) groups excluding carboxylic acids is 1. The summed E-state index contributed by atoms with van der Waals surface area (Å²) in [5, 5.41) is 46.6. The van der Waals surface area contributed by atoms with Crippen LogP contribution < -0.4 is 4.74 Å². The van der Waals surface area contributed by atoms with Gasteiger partial charge in [-0.3, -0.25) is 0 Å². The number of hydrogen-bond acceptors (Lipinski definition) is 8. The van der Waals surface area contributed by atoms with Crippen LogP contribution >= 0.6 is 0 Å². The van der Waals surface area contributed by atoms with Gasteiger partial charge in [-0.15, -0.1) is 0 Å². The quantitative estimate of drug-likeness (QED) is 0.362. The van der Waals surface area contributed by atoms with E-state index in [0.717, 1.165) is 0 Å². The minimum Gasteiger partial charge on any atom is -0.491 e. The van der Waals surface area contributed by atoms with Gasteiger partial charge < -0.3 is 35.0 Å². The van der Waals surface area contributed by atoms with E-state index >= 15 is 0 Å². The molecule has 0 aliphatic rings. The van der Waals surface area contributed by atoms with Crippen molar-refractivity contribution in [3.05, 3.63) is 29.8 Å². The lowest BCUT2D eigenvalue weighted by molar-refractivity contribution is -0.124. The van der Waals surface area contributed by atoms with E-state index < -0.39 is 43.6 Å². The Bertz CT molecular complexity index is 501. The average molecular weight is 344 g/mol. The highest BCUT2D eigenvalue weighted by Gasteiger charge is 2.30. The third-order valence-corrected chi connectivity index (χ3v) is 3.17. The molecule has 0 saturated heterocycles. The van der Waals surface area contributed by atoms with E-state index in [1.807, 2.05) is 13.8 Å². The number of rotatable bonds is 9. The van der Waals surface area contributed by atoms with E-state index in [1.165, 1.54) is 12.1 Å². The Kier molecular flexibility index (Phi) is 8.09. The molecule has 0 fully saturated rings. The molecule has 4 atom stereocenters. The summed E-state index contributed by atoms with van der Waals surface area (Å²) in [5.41, 5.74) is 0.226. The molecule has 0 amide bonds. The minimum absolute atomic E-state index is 0.000125. The van der Waals surface area contributed by atoms with Gasteiger partial charge in [-0.05, 0) is 38.1 Å². The summed E-state index contributed by atoms with van der Waals surface area (Å²) in [4.78, 5) is 11.9. The predicted molar refractivity (Wildman–Crippen MR) is 83.6 cm³/mol. The van der Waals surface area contributed by atoms with Crippen molar-refractivity contribution in [2.75, 3.05) is 13.2 Å². The van der Waals surface area contributed by atoms with E-state index in [0.29, 0.717) is 5.75 Å². The minimum atomic E-state index is -1.78. The first kappa shape index (κ1) is 20.3. The fraction of sp³-hybridized carbons (Fsp3) is 0.562. The zero-order valence-corrected chi connectivity index (χ0v) is 13.6. The summed E-state index contributed by atoms with van der Waals surface area (Å²) < 4.78 is 10.3. The summed E-state index contributed by atoms with van der Waals surface area (Å²) in [7, 11) is 0. The van der Waals surface area contributed by atoms with E-state index in [2.05, 4.69) is 0 Å². The van der Waals surface area contributed by atoms with Gasteiger partial charge in [0.15, 0.2) is 0 Å². The van der Waals surface area contributed by atoms with Crippen molar-refractivity contribution in [2.24, 2.45) is 0 Å². The molecule has 0 unspecified atom stereocenters. The maximum absolute atomic E-state index is 11.9. The first-order valence-electron chi connectivity index (χ1n) is 7.53. The molecule has 1 aromatic rings. The molecule has 8 heteroatoms. The van der Waals surface area contributed by atoms with E-state index in [9.17, 15) is 25.2 Å². The largest absolute Gasteiger partial charge is 0.491 e. The van der Waals surface area contributed by atoms with Crippen molar-refractivity contribution in [2.45, 2.75) is 44.4 Å². The van der Waals surface area contributed by atoms with Crippen LogP contribution in [0.2, 0.25) is 0 Å². The highest BCUT2D eigenvalue weighted by molar-refractivity contribution is 5.89. The fourth-order valence-corrected chi connectivity index (χ4v) is 1.85. The second-order valence-corrected chi connectivity index (χ2v) is 5.59. The van der Waals surface area contributed by atoms with Crippen LogP contribution in [0.25, 0.3) is 0 Å². The number of carbonyl (C=O) groups is 1. The number of benzene rings is 1. The third kappa shape index (κ3) is 6.06. The van der Waals surface area contributed by atoms with Gasteiger partial charge in [0.05, 0.1) is 18.3 Å². The molecule has 0 aliphatic carbocycles. The summed E-state index contributed by atoms with van der Waals surface area (Å²) in [6.07, 6.45) is -6.77. The normalized spacial score (nSPS) is 16.3. The molecule has 1 rings (SSSR count). The van der Waals surface area contributed by atoms with Crippen LogP contribution in [0.5, 0.6) is 5.75 Å². The van der Waals surface area contributed by atoms with Gasteiger partial charge in [0.25, 0.3) is 0 Å². The van der Waals surface area contributed by atoms with Crippen molar-refractivity contribution in [1.82, 2.24) is 0 Å². The molecule has 5 N–H and O–H groups in total. The Balaban J connectivity index is 2.53. The fourth-order valence-electron chi connectivity index (χ4n) is 1.85. The zero-order valence-electron chi connectivity index (χ0n) is 13.6. The summed E-state index contributed by atoms with van der Waals surface area (Å²) >= 11 is 0. The maximum Gasteiger partial charge on any atom is 0.338 e. The molecule has 136 valence electrons. The SMILES string of the molecule is CC(C)Oc1ccc(C(=O)OC[C@H](O)[C@@H](O)[C@H](O)[C@H](O)CO)cc1. The maximum atomic E-state index is 11.9. The molecule has 0 heterocycles. The molecular formula is C16H24O8. The molecule has 0 saturated carbocycles. The van der Waals surface area contributed by atoms with Crippen LogP contribution in [0, 0.1) is 0 Å². The highest BCUT2D eigenvalue weighted by atomic mass is 16.5. The molecule has 0 aliphatic heterocycles. The molecule has 0 spiro atoms. The highest BCUT2D eigenvalue weighted by Crippen LogP contribution is 2.15. The second kappa shape index (κ2) is 9.55. The summed E-state index contributed by atoms with van der Waals surface area (Å²) in [5.74, 6) is -0.132. The summed E-state index contributed by atoms with van der Waals surface area (Å²) in [6.45, 7) is 2.38. The van der Waals surface area contributed by atoms with Crippen molar-refractivity contribution < 1.29 is 39.8 Å². The smallest absolute Gasteiger partial charge is 0.338 e. The lowest BCUT2D eigenvalue weighted by atomic mass is 10.0. The van der Waals surface area contributed by atoms with E-state index in [-0.39, 0.29) is 11.7 Å². The topological polar surface area (TPSA) is 137 Å². The van der Waals surface area contributed by atoms with Crippen molar-refractivity contribution in [3.8, 4) is 5.75 Å². The van der Waals surface area contributed by atoms with Crippen molar-refractivity contribution in [1.29, 1.82) is 0 Å². The number of aliphatic hydroxyl groups excluding tert-OH is 5. The lowest BCUT2D eigenvalue weighted by Gasteiger charge is -2.25. The molecule has 8 nitrogen and oxygen atoms in total. The van der Waals surface area contributed by atoms with Crippen molar-refractivity contribution >= 4 is 5.97 Å². The molecule has 1 aromatic carbocycles. The first-order chi connectivity index (χ1) is 11.3. The van der Waals surface area contributed by atoms with Gasteiger partial charge >= 0.3 is 5.97 Å². The Hall–Kier alpha value is -1.71. The molecule has 0 bridgehead atoms. The van der Waals surface area contributed by atoms with Crippen molar-refractivity contribution in [3.63, 3.8) is 0 Å². The van der Waals surface area contributed by atoms with Crippen LogP contribution in [0.4, 0.5) is 0 Å². The second-order valence-electron chi connectivity index (χ2n) is 5.59. The van der Waals surface area contributed by atoms with Gasteiger partial charge in [0.1, 0.15) is 36.8 Å². The number of hydrogen-bond donors (Lipinski definition) is 5. The Morgan fingerprint density at radius 2 is 1.54 bits per heavy atom. The standard InChI is InChI=1S/C16H24O8/c1-9(2)24-11-5-3-10(4-6-11)16(22)23-8-13(19)15(21)14(20)12(18)7-17/h3-6,9,12-15,17-21H,7-8H2,1-2H3/t12-,13+,14-,15-/m1/s1. The van der Waals surface area contributed by atoms with E-state index in [4.69, 9.17) is 14.6 Å². The number of ether oxygens (including phenoxy) is 2. The summed E-state index contributed by atoms with van der Waals surface area (Å²) in [6, 6.07) is 6.19. The van der Waals surface area contributed by atoms with Gasteiger partial charge in [0.2, 0.25) is 0 Å². The first-order valence-corrected chi connectivity index (χ1v) is 7.53. The van der Waals surface area contributed by atoms with Crippen LogP contribution in [-0.2, 0) is 4.74 Å². The van der Waals surface area contributed by atoms with Gasteiger partial charge in [-0.1, -0.05) is 0 Å². The lowest BCUT2D eigenvalue weighted by Crippen LogP contribution is -2.47. The van der Waals surface area contributed by atoms with E-state index in [1.54, 1.807) is 12.1 Å². The van der Waals surface area contributed by atoms with Crippen LogP contribution in [0.3, 0.4) is 0 Å². The van der Waals surface area contributed by atoms with Crippen LogP contribution in [0.1, 0.15) is 24.2 Å². The predicted octanol–water partition coefficient (Wildman–Crippen LogP) is -0.934. The van der Waals surface area contributed by atoms with Gasteiger partial charge in [0, 0.05) is 0 Å². The molecule has 0 radical (unpaired) electrons. The Labute approximate surface area is 139 Å². The Morgan fingerprint density at radius 3 is 2.04 bits per heavy atom. The molecule has 24 heavy (non-hydrogen) atoms. The van der Waals surface area contributed by atoms with Crippen LogP contribution in [0.15, 0.2) is 24.3 Å². The van der Waals surface area contributed by atoms with Gasteiger partial charge in [-0.2, -0.15) is 0 Å². The molecule has 0 aromatic heterocycles. The zero-order chi connectivity index (χ0) is 18.3. The van der Waals surface area contributed by atoms with Gasteiger partial charge in [-0.25, -0.2) is 4.79 Å².